The van der Waals surface area contributed by atoms with Crippen molar-refractivity contribution in [3.05, 3.63) is 29.0 Å². The van der Waals surface area contributed by atoms with E-state index in [-0.39, 0.29) is 35.1 Å². The molecule has 0 unspecified atom stereocenters. The number of amides is 2. The number of carbonyl (C=O) groups excluding carboxylic acids is 1. The third-order valence-electron chi connectivity index (χ3n) is 3.83. The minimum atomic E-state index is -3.93. The van der Waals surface area contributed by atoms with Gasteiger partial charge in [-0.2, -0.15) is 0 Å². The summed E-state index contributed by atoms with van der Waals surface area (Å²) in [6.45, 7) is 0.0952. The molecule has 1 aliphatic rings. The summed E-state index contributed by atoms with van der Waals surface area (Å²) in [6.07, 6.45) is 5.36. The van der Waals surface area contributed by atoms with Crippen molar-refractivity contribution in [1.82, 2.24) is 15.4 Å². The number of benzene rings is 1. The van der Waals surface area contributed by atoms with Gasteiger partial charge in [0.05, 0.1) is 5.02 Å². The van der Waals surface area contributed by atoms with Gasteiger partial charge in [-0.3, -0.25) is 0 Å². The van der Waals surface area contributed by atoms with E-state index in [0.29, 0.717) is 0 Å². The second-order valence-corrected chi connectivity index (χ2v) is 7.85. The third-order valence-corrected chi connectivity index (χ3v) is 5.77. The molecule has 0 aliphatic heterocycles. The molecule has 1 saturated carbocycles. The molecule has 0 saturated heterocycles. The lowest BCUT2D eigenvalue weighted by atomic mass is 9.96. The van der Waals surface area contributed by atoms with E-state index in [0.717, 1.165) is 37.8 Å². The zero-order chi connectivity index (χ0) is 17.6. The quantitative estimate of drug-likeness (QED) is 0.665. The first kappa shape index (κ1) is 19.0. The molecule has 0 spiro atoms. The van der Waals surface area contributed by atoms with Crippen molar-refractivity contribution in [3.63, 3.8) is 0 Å². The normalized spacial score (nSPS) is 15.9. The van der Waals surface area contributed by atoms with Crippen LogP contribution in [0.1, 0.15) is 32.1 Å². The Bertz CT molecular complexity index is 679. The predicted octanol–water partition coefficient (Wildman–Crippen LogP) is 2.39. The molecule has 0 heterocycles. The third kappa shape index (κ3) is 5.61. The summed E-state index contributed by atoms with van der Waals surface area (Å²) >= 11 is 5.79. The fraction of sp³-hybridized carbons (Fsp3) is 0.533. The Labute approximate surface area is 146 Å². The van der Waals surface area contributed by atoms with Gasteiger partial charge in [-0.25, -0.2) is 22.3 Å². The summed E-state index contributed by atoms with van der Waals surface area (Å²) in [5.41, 5.74) is 0. The molecule has 2 rings (SSSR count). The van der Waals surface area contributed by atoms with E-state index < -0.39 is 15.8 Å². The highest BCUT2D eigenvalue weighted by atomic mass is 35.5. The van der Waals surface area contributed by atoms with Crippen LogP contribution in [0.4, 0.5) is 9.18 Å². The standard InChI is InChI=1S/C15H21ClFN3O3S/c16-13-7-6-11(17)10-14(13)24(22,23)19-9-8-18-15(21)20-12-4-2-1-3-5-12/h6-7,10,12,19H,1-5,8-9H2,(H2,18,20,21). The number of urea groups is 1. The molecule has 1 aliphatic carbocycles. The zero-order valence-electron chi connectivity index (χ0n) is 13.1. The lowest BCUT2D eigenvalue weighted by molar-refractivity contribution is 0.233. The van der Waals surface area contributed by atoms with Crippen LogP contribution in [0.15, 0.2) is 23.1 Å². The highest BCUT2D eigenvalue weighted by Gasteiger charge is 2.19. The van der Waals surface area contributed by atoms with Crippen LogP contribution in [0.2, 0.25) is 5.02 Å². The van der Waals surface area contributed by atoms with Crippen LogP contribution in [0.3, 0.4) is 0 Å². The van der Waals surface area contributed by atoms with E-state index in [1.165, 1.54) is 12.5 Å². The Morgan fingerprint density at radius 1 is 1.21 bits per heavy atom. The monoisotopic (exact) mass is 377 g/mol. The SMILES string of the molecule is O=C(NCCNS(=O)(=O)c1cc(F)ccc1Cl)NC1CCCCC1. The van der Waals surface area contributed by atoms with Gasteiger partial charge < -0.3 is 10.6 Å². The number of rotatable bonds is 6. The van der Waals surface area contributed by atoms with Crippen molar-refractivity contribution < 1.29 is 17.6 Å². The van der Waals surface area contributed by atoms with Crippen LogP contribution in [-0.2, 0) is 10.0 Å². The number of halogens is 2. The Hall–Kier alpha value is -1.38. The van der Waals surface area contributed by atoms with E-state index in [4.69, 9.17) is 11.6 Å². The van der Waals surface area contributed by atoms with Crippen molar-refractivity contribution in [2.75, 3.05) is 13.1 Å². The first-order valence-electron chi connectivity index (χ1n) is 7.87. The maximum Gasteiger partial charge on any atom is 0.315 e. The molecular formula is C15H21ClFN3O3S. The molecule has 0 radical (unpaired) electrons. The van der Waals surface area contributed by atoms with E-state index in [9.17, 15) is 17.6 Å². The highest BCUT2D eigenvalue weighted by molar-refractivity contribution is 7.89. The Kier molecular flexibility index (Phi) is 6.82. The van der Waals surface area contributed by atoms with Gasteiger partial charge in [0, 0.05) is 19.1 Å². The Morgan fingerprint density at radius 2 is 1.92 bits per heavy atom. The van der Waals surface area contributed by atoms with Crippen LogP contribution in [0.5, 0.6) is 0 Å². The maximum absolute atomic E-state index is 13.2. The van der Waals surface area contributed by atoms with Gasteiger partial charge in [-0.15, -0.1) is 0 Å². The molecule has 1 aromatic carbocycles. The number of nitrogens with one attached hydrogen (secondary N) is 3. The van der Waals surface area contributed by atoms with Gasteiger partial charge in [-0.1, -0.05) is 30.9 Å². The summed E-state index contributed by atoms with van der Waals surface area (Å²) in [6, 6.07) is 2.99. The largest absolute Gasteiger partial charge is 0.337 e. The number of carbonyl (C=O) groups is 1. The minimum absolute atomic E-state index is 0.0206. The van der Waals surface area contributed by atoms with Crippen LogP contribution in [0, 0.1) is 5.82 Å². The highest BCUT2D eigenvalue weighted by Crippen LogP contribution is 2.21. The lowest BCUT2D eigenvalue weighted by Crippen LogP contribution is -2.45. The van der Waals surface area contributed by atoms with Crippen LogP contribution in [-0.4, -0.2) is 33.6 Å². The van der Waals surface area contributed by atoms with Gasteiger partial charge in [0.2, 0.25) is 10.0 Å². The molecule has 0 aromatic heterocycles. The number of hydrogen-bond donors (Lipinski definition) is 3. The second kappa shape index (κ2) is 8.64. The molecule has 3 N–H and O–H groups in total. The number of hydrogen-bond acceptors (Lipinski definition) is 3. The van der Waals surface area contributed by atoms with Crippen molar-refractivity contribution in [1.29, 1.82) is 0 Å². The molecule has 0 atom stereocenters. The van der Waals surface area contributed by atoms with Gasteiger partial charge in [0.25, 0.3) is 0 Å². The summed E-state index contributed by atoms with van der Waals surface area (Å²) in [4.78, 5) is 11.4. The average molecular weight is 378 g/mol. The van der Waals surface area contributed by atoms with E-state index in [1.54, 1.807) is 0 Å². The van der Waals surface area contributed by atoms with Crippen molar-refractivity contribution in [2.24, 2.45) is 0 Å². The average Bonchev–Trinajstić information content (AvgIpc) is 2.55. The summed E-state index contributed by atoms with van der Waals surface area (Å²) in [7, 11) is -3.93. The van der Waals surface area contributed by atoms with E-state index in [2.05, 4.69) is 15.4 Å². The minimum Gasteiger partial charge on any atom is -0.337 e. The zero-order valence-corrected chi connectivity index (χ0v) is 14.7. The second-order valence-electron chi connectivity index (χ2n) is 5.71. The molecule has 134 valence electrons. The van der Waals surface area contributed by atoms with Crippen LogP contribution >= 0.6 is 11.6 Å². The Balaban J connectivity index is 1.76. The maximum atomic E-state index is 13.2. The van der Waals surface area contributed by atoms with Gasteiger partial charge in [0.1, 0.15) is 10.7 Å². The molecule has 2 amide bonds. The summed E-state index contributed by atoms with van der Waals surface area (Å²) in [5.74, 6) is -0.690. The molecule has 24 heavy (non-hydrogen) atoms. The molecule has 1 aromatic rings. The van der Waals surface area contributed by atoms with Gasteiger partial charge in [0.15, 0.2) is 0 Å². The van der Waals surface area contributed by atoms with Gasteiger partial charge in [-0.05, 0) is 31.0 Å². The topological polar surface area (TPSA) is 87.3 Å². The van der Waals surface area contributed by atoms with E-state index in [1.807, 2.05) is 0 Å². The fourth-order valence-corrected chi connectivity index (χ4v) is 4.15. The van der Waals surface area contributed by atoms with Crippen LogP contribution < -0.4 is 15.4 Å². The van der Waals surface area contributed by atoms with Crippen LogP contribution in [0.25, 0.3) is 0 Å². The summed E-state index contributed by atoms with van der Waals surface area (Å²) < 4.78 is 39.6. The smallest absolute Gasteiger partial charge is 0.315 e. The molecular weight excluding hydrogens is 357 g/mol. The van der Waals surface area contributed by atoms with E-state index >= 15 is 0 Å². The molecule has 6 nitrogen and oxygen atoms in total. The van der Waals surface area contributed by atoms with Crippen molar-refractivity contribution in [3.8, 4) is 0 Å². The predicted molar refractivity (Wildman–Crippen MR) is 90.0 cm³/mol. The van der Waals surface area contributed by atoms with Crippen molar-refractivity contribution in [2.45, 2.75) is 43.0 Å². The first-order valence-corrected chi connectivity index (χ1v) is 9.74. The molecule has 9 heteroatoms. The molecule has 0 bridgehead atoms. The lowest BCUT2D eigenvalue weighted by Gasteiger charge is -2.22. The fourth-order valence-electron chi connectivity index (χ4n) is 2.61. The van der Waals surface area contributed by atoms with Gasteiger partial charge >= 0.3 is 6.03 Å². The van der Waals surface area contributed by atoms with Crippen molar-refractivity contribution >= 4 is 27.7 Å². The number of sulfonamides is 1. The first-order chi connectivity index (χ1) is 11.4. The Morgan fingerprint density at radius 3 is 2.62 bits per heavy atom. The summed E-state index contributed by atoms with van der Waals surface area (Å²) in [5, 5.41) is 5.40. The molecule has 1 fully saturated rings.